The summed E-state index contributed by atoms with van der Waals surface area (Å²) in [6.45, 7) is 5.19. The molecule has 1 aromatic carbocycles. The van der Waals surface area contributed by atoms with E-state index in [9.17, 15) is 0 Å². The Bertz CT molecular complexity index is 872. The molecule has 0 bridgehead atoms. The molecule has 3 heterocycles. The highest BCUT2D eigenvalue weighted by Crippen LogP contribution is 2.25. The average molecular weight is 347 g/mol. The number of piperidine rings is 1. The Morgan fingerprint density at radius 1 is 1.08 bits per heavy atom. The molecule has 1 aliphatic rings. The van der Waals surface area contributed by atoms with E-state index in [-0.39, 0.29) is 0 Å². The lowest BCUT2D eigenvalue weighted by Crippen LogP contribution is -2.43. The van der Waals surface area contributed by atoms with Gasteiger partial charge in [0.1, 0.15) is 0 Å². The summed E-state index contributed by atoms with van der Waals surface area (Å²) < 4.78 is 0. The molecule has 0 spiro atoms. The first-order valence-corrected chi connectivity index (χ1v) is 9.28. The summed E-state index contributed by atoms with van der Waals surface area (Å²) >= 11 is 0. The van der Waals surface area contributed by atoms with E-state index in [0.29, 0.717) is 6.04 Å². The van der Waals surface area contributed by atoms with Crippen molar-refractivity contribution in [2.75, 3.05) is 25.0 Å². The highest BCUT2D eigenvalue weighted by molar-refractivity contribution is 5.82. The first-order chi connectivity index (χ1) is 12.7. The first kappa shape index (κ1) is 16.9. The number of aryl methyl sites for hydroxylation is 1. The maximum Gasteiger partial charge on any atom is 0.151 e. The minimum atomic E-state index is 0.585. The van der Waals surface area contributed by atoms with Gasteiger partial charge in [-0.05, 0) is 56.1 Å². The van der Waals surface area contributed by atoms with Gasteiger partial charge in [-0.3, -0.25) is 9.88 Å². The van der Waals surface area contributed by atoms with Crippen LogP contribution in [0.2, 0.25) is 0 Å². The number of hydrogen-bond donors (Lipinski definition) is 0. The van der Waals surface area contributed by atoms with E-state index < -0.39 is 0 Å². The maximum atomic E-state index is 4.64. The minimum Gasteiger partial charge on any atom is -0.355 e. The van der Waals surface area contributed by atoms with Crippen LogP contribution in [-0.4, -0.2) is 46.3 Å². The smallest absolute Gasteiger partial charge is 0.151 e. The zero-order chi connectivity index (χ0) is 17.9. The van der Waals surface area contributed by atoms with Gasteiger partial charge in [0.2, 0.25) is 0 Å². The molecule has 0 unspecified atom stereocenters. The lowest BCUT2D eigenvalue weighted by atomic mass is 10.00. The molecule has 2 aromatic heterocycles. The van der Waals surface area contributed by atoms with E-state index in [1.807, 2.05) is 24.4 Å². The van der Waals surface area contributed by atoms with Gasteiger partial charge in [-0.25, -0.2) is 0 Å². The van der Waals surface area contributed by atoms with E-state index in [2.05, 4.69) is 57.2 Å². The van der Waals surface area contributed by atoms with Gasteiger partial charge in [-0.15, -0.1) is 5.10 Å². The summed E-state index contributed by atoms with van der Waals surface area (Å²) in [6, 6.07) is 13.1. The van der Waals surface area contributed by atoms with Crippen LogP contribution in [0.4, 0.5) is 5.82 Å². The second kappa shape index (κ2) is 7.38. The fourth-order valence-corrected chi connectivity index (χ4v) is 3.88. The largest absolute Gasteiger partial charge is 0.355 e. The molecule has 0 amide bonds. The van der Waals surface area contributed by atoms with Gasteiger partial charge < -0.3 is 4.90 Å². The van der Waals surface area contributed by atoms with Crippen molar-refractivity contribution in [1.29, 1.82) is 0 Å². The normalized spacial score (nSPS) is 15.7. The van der Waals surface area contributed by atoms with E-state index in [0.717, 1.165) is 43.8 Å². The van der Waals surface area contributed by atoms with E-state index in [1.165, 1.54) is 16.5 Å². The van der Waals surface area contributed by atoms with Crippen LogP contribution < -0.4 is 4.90 Å². The number of aromatic nitrogens is 3. The quantitative estimate of drug-likeness (QED) is 0.723. The zero-order valence-corrected chi connectivity index (χ0v) is 15.5. The van der Waals surface area contributed by atoms with Gasteiger partial charge in [0, 0.05) is 43.5 Å². The van der Waals surface area contributed by atoms with Crippen molar-refractivity contribution >= 4 is 16.7 Å². The van der Waals surface area contributed by atoms with Crippen LogP contribution in [-0.2, 0) is 6.54 Å². The number of benzene rings is 1. The molecule has 0 saturated carbocycles. The summed E-state index contributed by atoms with van der Waals surface area (Å²) in [5.74, 6) is 0.989. The number of nitrogens with zero attached hydrogens (tertiary/aromatic N) is 5. The Labute approximate surface area is 154 Å². The fourth-order valence-electron chi connectivity index (χ4n) is 3.88. The van der Waals surface area contributed by atoms with Gasteiger partial charge in [-0.2, -0.15) is 5.10 Å². The standard InChI is InChI=1S/C21H25N5/c1-16-7-8-17-5-3-11-22-21(17)19(16)15-25(2)18-9-13-26(14-10-18)20-6-4-12-23-24-20/h3-8,11-12,18H,9-10,13-15H2,1-2H3. The van der Waals surface area contributed by atoms with Gasteiger partial charge in [0.25, 0.3) is 0 Å². The number of anilines is 1. The van der Waals surface area contributed by atoms with Crippen LogP contribution >= 0.6 is 0 Å². The van der Waals surface area contributed by atoms with Crippen molar-refractivity contribution in [2.45, 2.75) is 32.4 Å². The number of pyridine rings is 1. The molecular weight excluding hydrogens is 322 g/mol. The average Bonchev–Trinajstić information content (AvgIpc) is 2.71. The van der Waals surface area contributed by atoms with Crippen LogP contribution in [0.1, 0.15) is 24.0 Å². The van der Waals surface area contributed by atoms with Gasteiger partial charge >= 0.3 is 0 Å². The zero-order valence-electron chi connectivity index (χ0n) is 15.5. The van der Waals surface area contributed by atoms with Gasteiger partial charge in [0.15, 0.2) is 5.82 Å². The molecule has 134 valence electrons. The molecule has 5 nitrogen and oxygen atoms in total. The molecule has 1 fully saturated rings. The Balaban J connectivity index is 1.45. The van der Waals surface area contributed by atoms with Gasteiger partial charge in [-0.1, -0.05) is 18.2 Å². The van der Waals surface area contributed by atoms with Gasteiger partial charge in [0.05, 0.1) is 5.52 Å². The lowest BCUT2D eigenvalue weighted by Gasteiger charge is -2.37. The van der Waals surface area contributed by atoms with Crippen LogP contribution in [0.25, 0.3) is 10.9 Å². The van der Waals surface area contributed by atoms with Crippen LogP contribution in [0.5, 0.6) is 0 Å². The van der Waals surface area contributed by atoms with Crippen molar-refractivity contribution in [3.8, 4) is 0 Å². The molecule has 1 aliphatic heterocycles. The van der Waals surface area contributed by atoms with Crippen LogP contribution in [0.15, 0.2) is 48.8 Å². The number of fused-ring (bicyclic) bond motifs is 1. The highest BCUT2D eigenvalue weighted by atomic mass is 15.3. The molecule has 1 saturated heterocycles. The van der Waals surface area contributed by atoms with Crippen LogP contribution in [0.3, 0.4) is 0 Å². The Morgan fingerprint density at radius 3 is 2.65 bits per heavy atom. The molecule has 4 rings (SSSR count). The molecule has 5 heteroatoms. The maximum absolute atomic E-state index is 4.64. The third-order valence-corrected chi connectivity index (χ3v) is 5.49. The van der Waals surface area contributed by atoms with Crippen molar-refractivity contribution in [3.05, 3.63) is 59.9 Å². The van der Waals surface area contributed by atoms with E-state index in [4.69, 9.17) is 0 Å². The summed E-state index contributed by atoms with van der Waals surface area (Å²) in [4.78, 5) is 9.47. The third kappa shape index (κ3) is 3.40. The molecule has 0 aliphatic carbocycles. The third-order valence-electron chi connectivity index (χ3n) is 5.49. The molecule has 26 heavy (non-hydrogen) atoms. The Hall–Kier alpha value is -2.53. The van der Waals surface area contributed by atoms with Crippen LogP contribution in [0, 0.1) is 6.92 Å². The van der Waals surface area contributed by atoms with Crippen molar-refractivity contribution in [2.24, 2.45) is 0 Å². The van der Waals surface area contributed by atoms with E-state index in [1.54, 1.807) is 6.20 Å². The molecule has 0 N–H and O–H groups in total. The number of hydrogen-bond acceptors (Lipinski definition) is 5. The predicted octanol–water partition coefficient (Wildman–Crippen LogP) is 3.43. The summed E-state index contributed by atoms with van der Waals surface area (Å²) in [6.07, 6.45) is 5.91. The summed E-state index contributed by atoms with van der Waals surface area (Å²) in [7, 11) is 2.24. The van der Waals surface area contributed by atoms with E-state index >= 15 is 0 Å². The molecular formula is C21H25N5. The second-order valence-electron chi connectivity index (χ2n) is 7.15. The number of rotatable bonds is 4. The predicted molar refractivity (Wildman–Crippen MR) is 105 cm³/mol. The Kier molecular flexibility index (Phi) is 4.80. The molecule has 3 aromatic rings. The first-order valence-electron chi connectivity index (χ1n) is 9.28. The van der Waals surface area contributed by atoms with Crippen molar-refractivity contribution < 1.29 is 0 Å². The summed E-state index contributed by atoms with van der Waals surface area (Å²) in [5, 5.41) is 9.46. The van der Waals surface area contributed by atoms with Crippen molar-refractivity contribution in [1.82, 2.24) is 20.1 Å². The molecule has 0 radical (unpaired) electrons. The lowest BCUT2D eigenvalue weighted by molar-refractivity contribution is 0.200. The summed E-state index contributed by atoms with van der Waals surface area (Å²) in [5.41, 5.74) is 3.80. The fraction of sp³-hybridized carbons (Fsp3) is 0.381. The highest BCUT2D eigenvalue weighted by Gasteiger charge is 2.24. The topological polar surface area (TPSA) is 45.2 Å². The Morgan fingerprint density at radius 2 is 1.88 bits per heavy atom. The second-order valence-corrected chi connectivity index (χ2v) is 7.15. The SMILES string of the molecule is Cc1ccc2cccnc2c1CN(C)C1CCN(c2cccnn2)CC1. The molecule has 0 atom stereocenters. The monoisotopic (exact) mass is 347 g/mol. The van der Waals surface area contributed by atoms with Crippen molar-refractivity contribution in [3.63, 3.8) is 0 Å². The minimum absolute atomic E-state index is 0.585.